The van der Waals surface area contributed by atoms with Crippen molar-refractivity contribution in [2.45, 2.75) is 0 Å². The molecule has 0 aliphatic carbocycles. The first-order valence-electron chi connectivity index (χ1n) is 9.97. The highest BCUT2D eigenvalue weighted by Crippen LogP contribution is 2.33. The molecule has 9 heteroatoms. The molecule has 33 heavy (non-hydrogen) atoms. The van der Waals surface area contributed by atoms with Crippen LogP contribution >= 0.6 is 0 Å². The summed E-state index contributed by atoms with van der Waals surface area (Å²) in [4.78, 5) is 36.8. The Morgan fingerprint density at radius 1 is 0.939 bits per heavy atom. The van der Waals surface area contributed by atoms with Crippen molar-refractivity contribution in [2.75, 3.05) is 17.7 Å². The molecule has 0 saturated heterocycles. The molecular formula is C24H17N5O4. The average Bonchev–Trinajstić information content (AvgIpc) is 3.24. The molecule has 0 spiro atoms. The lowest BCUT2D eigenvalue weighted by atomic mass is 10.1. The molecule has 1 amide bonds. The molecule has 9 nitrogen and oxygen atoms in total. The van der Waals surface area contributed by atoms with Gasteiger partial charge in [-0.2, -0.15) is 0 Å². The highest BCUT2D eigenvalue weighted by molar-refractivity contribution is 6.11. The van der Waals surface area contributed by atoms with Crippen LogP contribution in [0.3, 0.4) is 0 Å². The minimum atomic E-state index is -0.444. The minimum Gasteiger partial charge on any atom is -0.465 e. The second kappa shape index (κ2) is 8.39. The molecule has 2 aromatic carbocycles. The number of rotatable bonds is 5. The second-order valence-electron chi connectivity index (χ2n) is 7.08. The molecule has 162 valence electrons. The summed E-state index contributed by atoms with van der Waals surface area (Å²) in [7, 11) is 1.33. The number of carbonyl (C=O) groups excluding carboxylic acids is 2. The van der Waals surface area contributed by atoms with Crippen LogP contribution in [0.5, 0.6) is 0 Å². The number of benzene rings is 2. The number of carbonyl (C=O) groups is 2. The van der Waals surface area contributed by atoms with Crippen LogP contribution in [0.1, 0.15) is 20.8 Å². The van der Waals surface area contributed by atoms with Gasteiger partial charge >= 0.3 is 5.97 Å². The van der Waals surface area contributed by atoms with Crippen molar-refractivity contribution in [3.05, 3.63) is 84.4 Å². The highest BCUT2D eigenvalue weighted by atomic mass is 16.5. The Morgan fingerprint density at radius 2 is 1.76 bits per heavy atom. The van der Waals surface area contributed by atoms with Gasteiger partial charge in [-0.05, 0) is 54.6 Å². The van der Waals surface area contributed by atoms with Crippen LogP contribution in [0.4, 0.5) is 17.2 Å². The predicted octanol–water partition coefficient (Wildman–Crippen LogP) is 4.55. The molecule has 3 aromatic heterocycles. The molecule has 5 rings (SSSR count). The number of anilines is 3. The highest BCUT2D eigenvalue weighted by Gasteiger charge is 2.16. The topological polar surface area (TPSA) is 119 Å². The van der Waals surface area contributed by atoms with Gasteiger partial charge in [0.2, 0.25) is 5.71 Å². The number of hydrogen-bond donors (Lipinski definition) is 2. The fourth-order valence-corrected chi connectivity index (χ4v) is 3.41. The largest absolute Gasteiger partial charge is 0.465 e. The van der Waals surface area contributed by atoms with E-state index in [1.807, 2.05) is 12.1 Å². The zero-order valence-electron chi connectivity index (χ0n) is 17.4. The van der Waals surface area contributed by atoms with E-state index in [9.17, 15) is 9.59 Å². The Bertz CT molecular complexity index is 1480. The molecule has 0 bridgehead atoms. The molecule has 5 aromatic rings. The van der Waals surface area contributed by atoms with E-state index in [1.165, 1.54) is 13.4 Å². The molecule has 0 atom stereocenters. The summed E-state index contributed by atoms with van der Waals surface area (Å²) >= 11 is 0. The van der Waals surface area contributed by atoms with Gasteiger partial charge in [-0.15, -0.1) is 0 Å². The standard InChI is InChI=1S/C24H17N5O4/c1-32-24(31)14-5-10-19-17(12-14)20-21(26-13-27-23(20)33-19)28-15-6-8-16(9-7-15)29-22(30)18-4-2-3-11-25-18/h2-13H,1H3,(H,29,30)(H,26,27,28). The minimum absolute atomic E-state index is 0.292. The number of ether oxygens (including phenoxy) is 1. The molecule has 0 saturated carbocycles. The third-order valence-electron chi connectivity index (χ3n) is 4.99. The lowest BCUT2D eigenvalue weighted by Crippen LogP contribution is -2.13. The number of amides is 1. The average molecular weight is 439 g/mol. The first-order valence-corrected chi connectivity index (χ1v) is 9.97. The first-order chi connectivity index (χ1) is 16.1. The number of esters is 1. The zero-order chi connectivity index (χ0) is 22.8. The number of nitrogens with one attached hydrogen (secondary N) is 2. The summed E-state index contributed by atoms with van der Waals surface area (Å²) in [6.07, 6.45) is 2.97. The van der Waals surface area contributed by atoms with E-state index < -0.39 is 5.97 Å². The summed E-state index contributed by atoms with van der Waals surface area (Å²) in [5, 5.41) is 7.39. The van der Waals surface area contributed by atoms with Crippen LogP contribution < -0.4 is 10.6 Å². The smallest absolute Gasteiger partial charge is 0.337 e. The van der Waals surface area contributed by atoms with E-state index in [0.717, 1.165) is 5.69 Å². The van der Waals surface area contributed by atoms with E-state index in [4.69, 9.17) is 9.15 Å². The third-order valence-corrected chi connectivity index (χ3v) is 4.99. The van der Waals surface area contributed by atoms with E-state index >= 15 is 0 Å². The number of fused-ring (bicyclic) bond motifs is 3. The quantitative estimate of drug-likeness (QED) is 0.383. The van der Waals surface area contributed by atoms with Crippen LogP contribution in [0.25, 0.3) is 22.1 Å². The lowest BCUT2D eigenvalue weighted by Gasteiger charge is -2.09. The SMILES string of the molecule is COC(=O)c1ccc2oc3ncnc(Nc4ccc(NC(=O)c5ccccn5)cc4)c3c2c1. The number of hydrogen-bond acceptors (Lipinski definition) is 8. The van der Waals surface area contributed by atoms with Gasteiger partial charge in [-0.1, -0.05) is 6.07 Å². The number of aromatic nitrogens is 3. The molecular weight excluding hydrogens is 422 g/mol. The van der Waals surface area contributed by atoms with Crippen LogP contribution in [0.15, 0.2) is 77.6 Å². The molecule has 2 N–H and O–H groups in total. The van der Waals surface area contributed by atoms with E-state index in [0.29, 0.717) is 44.8 Å². The van der Waals surface area contributed by atoms with Gasteiger partial charge in [0.15, 0.2) is 0 Å². The third kappa shape index (κ3) is 3.94. The van der Waals surface area contributed by atoms with Crippen molar-refractivity contribution in [1.82, 2.24) is 15.0 Å². The van der Waals surface area contributed by atoms with E-state index in [2.05, 4.69) is 25.6 Å². The van der Waals surface area contributed by atoms with Crippen LogP contribution in [0, 0.1) is 0 Å². The van der Waals surface area contributed by atoms with Crippen molar-refractivity contribution in [1.29, 1.82) is 0 Å². The molecule has 0 aliphatic rings. The molecule has 0 radical (unpaired) electrons. The molecule has 0 unspecified atom stereocenters. The van der Waals surface area contributed by atoms with Crippen molar-refractivity contribution >= 4 is 51.1 Å². The summed E-state index contributed by atoms with van der Waals surface area (Å²) in [5.41, 5.74) is 3.07. The van der Waals surface area contributed by atoms with Gasteiger partial charge in [-0.25, -0.2) is 14.8 Å². The first kappa shape index (κ1) is 20.1. The van der Waals surface area contributed by atoms with Crippen LogP contribution in [-0.4, -0.2) is 33.9 Å². The molecule has 0 fully saturated rings. The fraction of sp³-hybridized carbons (Fsp3) is 0.0417. The van der Waals surface area contributed by atoms with Crippen molar-refractivity contribution in [2.24, 2.45) is 0 Å². The Hall–Kier alpha value is -4.79. The summed E-state index contributed by atoms with van der Waals surface area (Å²) in [6.45, 7) is 0. The van der Waals surface area contributed by atoms with Crippen LogP contribution in [-0.2, 0) is 4.74 Å². The Morgan fingerprint density at radius 3 is 2.52 bits per heavy atom. The second-order valence-corrected chi connectivity index (χ2v) is 7.08. The van der Waals surface area contributed by atoms with Crippen LogP contribution in [0.2, 0.25) is 0 Å². The monoisotopic (exact) mass is 439 g/mol. The molecule has 3 heterocycles. The van der Waals surface area contributed by atoms with Crippen molar-refractivity contribution in [3.8, 4) is 0 Å². The summed E-state index contributed by atoms with van der Waals surface area (Å²) in [6, 6.07) is 17.3. The normalized spacial score (nSPS) is 10.8. The zero-order valence-corrected chi connectivity index (χ0v) is 17.4. The van der Waals surface area contributed by atoms with Gasteiger partial charge in [0.25, 0.3) is 5.91 Å². The summed E-state index contributed by atoms with van der Waals surface area (Å²) < 4.78 is 10.6. The van der Waals surface area contributed by atoms with Gasteiger partial charge < -0.3 is 19.8 Å². The van der Waals surface area contributed by atoms with E-state index in [1.54, 1.807) is 54.7 Å². The van der Waals surface area contributed by atoms with Gasteiger partial charge in [-0.3, -0.25) is 9.78 Å². The Labute approximate surface area is 187 Å². The maximum absolute atomic E-state index is 12.3. The number of methoxy groups -OCH3 is 1. The van der Waals surface area contributed by atoms with E-state index in [-0.39, 0.29) is 5.91 Å². The Balaban J connectivity index is 1.43. The predicted molar refractivity (Wildman–Crippen MR) is 123 cm³/mol. The molecule has 0 aliphatic heterocycles. The van der Waals surface area contributed by atoms with Gasteiger partial charge in [0.05, 0.1) is 18.1 Å². The van der Waals surface area contributed by atoms with Gasteiger partial charge in [0, 0.05) is 23.0 Å². The number of pyridine rings is 1. The Kier molecular flexibility index (Phi) is 5.12. The lowest BCUT2D eigenvalue weighted by molar-refractivity contribution is 0.0601. The fourth-order valence-electron chi connectivity index (χ4n) is 3.41. The maximum Gasteiger partial charge on any atom is 0.337 e. The van der Waals surface area contributed by atoms with Crippen molar-refractivity contribution < 1.29 is 18.7 Å². The van der Waals surface area contributed by atoms with Gasteiger partial charge in [0.1, 0.15) is 23.4 Å². The van der Waals surface area contributed by atoms with Crippen molar-refractivity contribution in [3.63, 3.8) is 0 Å². The number of furan rings is 1. The maximum atomic E-state index is 12.3. The summed E-state index contributed by atoms with van der Waals surface area (Å²) in [5.74, 6) is -0.216. The number of nitrogens with zero attached hydrogens (tertiary/aromatic N) is 3.